The molecule has 0 atom stereocenters. The van der Waals surface area contributed by atoms with Crippen molar-refractivity contribution < 1.29 is 0 Å². The summed E-state index contributed by atoms with van der Waals surface area (Å²) in [6.45, 7) is 2.08. The van der Waals surface area contributed by atoms with Gasteiger partial charge in [-0.2, -0.15) is 0 Å². The molecule has 0 aliphatic carbocycles. The molecule has 0 unspecified atom stereocenters. The number of hydrogen-bond donors (Lipinski definition) is 0. The van der Waals surface area contributed by atoms with Crippen molar-refractivity contribution in [3.63, 3.8) is 0 Å². The second-order valence-electron chi connectivity index (χ2n) is 5.24. The average Bonchev–Trinajstić information content (AvgIpc) is 3.21. The molecule has 4 aromatic rings. The Morgan fingerprint density at radius 1 is 1.04 bits per heavy atom. The third-order valence-corrected chi connectivity index (χ3v) is 4.62. The molecule has 0 bridgehead atoms. The first-order chi connectivity index (χ1) is 11.3. The van der Waals surface area contributed by atoms with Crippen LogP contribution in [0.5, 0.6) is 0 Å². The van der Waals surface area contributed by atoms with E-state index < -0.39 is 0 Å². The summed E-state index contributed by atoms with van der Waals surface area (Å²) in [4.78, 5) is 4.66. The van der Waals surface area contributed by atoms with Gasteiger partial charge in [-0.25, -0.2) is 4.98 Å². The van der Waals surface area contributed by atoms with Crippen molar-refractivity contribution in [3.8, 4) is 5.69 Å². The van der Waals surface area contributed by atoms with Gasteiger partial charge in [-0.15, -0.1) is 27.2 Å². The quantitative estimate of drug-likeness (QED) is 0.483. The molecule has 0 spiro atoms. The minimum atomic E-state index is 0. The lowest BCUT2D eigenvalue weighted by molar-refractivity contribution is 0.883. The first kappa shape index (κ1) is 16.7. The molecule has 7 heteroatoms. The summed E-state index contributed by atoms with van der Waals surface area (Å²) < 4.78 is 4.10. The van der Waals surface area contributed by atoms with Crippen LogP contribution in [-0.4, -0.2) is 24.1 Å². The van der Waals surface area contributed by atoms with Crippen LogP contribution in [0.25, 0.3) is 11.3 Å². The number of rotatable bonds is 4. The summed E-state index contributed by atoms with van der Waals surface area (Å²) in [6, 6.07) is 16.2. The van der Waals surface area contributed by atoms with E-state index in [4.69, 9.17) is 0 Å². The predicted octanol–water partition coefficient (Wildman–Crippen LogP) is 4.09. The van der Waals surface area contributed by atoms with Gasteiger partial charge >= 0.3 is 0 Å². The number of fused-ring (bicyclic) bond motifs is 1. The number of thioether (sulfide) groups is 1. The summed E-state index contributed by atoms with van der Waals surface area (Å²) in [6.07, 6.45) is 3.83. The normalized spacial score (nSPS) is 10.7. The Morgan fingerprint density at radius 3 is 2.67 bits per heavy atom. The van der Waals surface area contributed by atoms with Crippen LogP contribution in [0, 0.1) is 6.92 Å². The maximum Gasteiger partial charge on any atom is 0.195 e. The summed E-state index contributed by atoms with van der Waals surface area (Å²) in [5.41, 5.74) is 4.25. The largest absolute Gasteiger partial charge is 0.304 e. The summed E-state index contributed by atoms with van der Waals surface area (Å²) in [5.74, 6) is 0.757. The Labute approximate surface area is 154 Å². The second-order valence-corrected chi connectivity index (χ2v) is 6.18. The molecule has 0 fully saturated rings. The first-order valence-electron chi connectivity index (χ1n) is 7.33. The Hall–Kier alpha value is -2.12. The van der Waals surface area contributed by atoms with Gasteiger partial charge < -0.3 is 4.40 Å². The molecule has 4 rings (SSSR count). The van der Waals surface area contributed by atoms with Gasteiger partial charge in [0.05, 0.1) is 5.69 Å². The van der Waals surface area contributed by atoms with Crippen LogP contribution >= 0.6 is 28.7 Å². The van der Waals surface area contributed by atoms with Crippen molar-refractivity contribution in [1.82, 2.24) is 24.1 Å². The highest BCUT2D eigenvalue weighted by molar-refractivity contribution is 8.93. The van der Waals surface area contributed by atoms with Crippen LogP contribution in [0.4, 0.5) is 0 Å². The molecule has 0 N–H and O–H groups in total. The lowest BCUT2D eigenvalue weighted by Crippen LogP contribution is -1.94. The Morgan fingerprint density at radius 2 is 1.88 bits per heavy atom. The van der Waals surface area contributed by atoms with Crippen LogP contribution in [0.2, 0.25) is 0 Å². The molecule has 0 radical (unpaired) electrons. The number of aryl methyl sites for hydroxylation is 1. The lowest BCUT2D eigenvalue weighted by Gasteiger charge is -2.04. The molecular formula is C17H16BrN5S. The molecule has 3 aromatic heterocycles. The van der Waals surface area contributed by atoms with Crippen LogP contribution in [-0.2, 0) is 5.75 Å². The van der Waals surface area contributed by atoms with Gasteiger partial charge in [-0.3, -0.25) is 4.57 Å². The monoisotopic (exact) mass is 401 g/mol. The maximum atomic E-state index is 4.66. The van der Waals surface area contributed by atoms with E-state index in [2.05, 4.69) is 38.8 Å². The molecule has 5 nitrogen and oxygen atoms in total. The summed E-state index contributed by atoms with van der Waals surface area (Å²) in [5, 5.41) is 9.12. The molecular weight excluding hydrogens is 386 g/mol. The van der Waals surface area contributed by atoms with E-state index in [1.54, 1.807) is 18.1 Å². The van der Waals surface area contributed by atoms with E-state index in [0.29, 0.717) is 0 Å². The second kappa shape index (κ2) is 7.19. The fourth-order valence-electron chi connectivity index (χ4n) is 2.50. The third-order valence-electron chi connectivity index (χ3n) is 3.65. The lowest BCUT2D eigenvalue weighted by atomic mass is 10.3. The van der Waals surface area contributed by atoms with Gasteiger partial charge in [-0.1, -0.05) is 36.0 Å². The van der Waals surface area contributed by atoms with Crippen molar-refractivity contribution in [2.24, 2.45) is 0 Å². The van der Waals surface area contributed by atoms with Gasteiger partial charge in [0.2, 0.25) is 0 Å². The Bertz CT molecular complexity index is 948. The molecule has 24 heavy (non-hydrogen) atoms. The van der Waals surface area contributed by atoms with E-state index in [-0.39, 0.29) is 17.0 Å². The van der Waals surface area contributed by atoms with Gasteiger partial charge in [0, 0.05) is 23.3 Å². The number of pyridine rings is 1. The minimum absolute atomic E-state index is 0. The number of aromatic nitrogens is 5. The van der Waals surface area contributed by atoms with E-state index in [9.17, 15) is 0 Å². The molecule has 122 valence electrons. The topological polar surface area (TPSA) is 48.0 Å². The molecule has 3 heterocycles. The van der Waals surface area contributed by atoms with Crippen LogP contribution < -0.4 is 0 Å². The minimum Gasteiger partial charge on any atom is -0.304 e. The molecule has 0 aliphatic heterocycles. The molecule has 0 saturated carbocycles. The zero-order chi connectivity index (χ0) is 15.6. The van der Waals surface area contributed by atoms with Crippen LogP contribution in [0.3, 0.4) is 0 Å². The zero-order valence-corrected chi connectivity index (χ0v) is 15.6. The zero-order valence-electron chi connectivity index (χ0n) is 13.0. The fourth-order valence-corrected chi connectivity index (χ4v) is 3.31. The van der Waals surface area contributed by atoms with E-state index in [1.165, 1.54) is 5.69 Å². The van der Waals surface area contributed by atoms with Crippen molar-refractivity contribution in [1.29, 1.82) is 0 Å². The SMILES string of the molecule is Br.Cc1cccc2nc(CSc3nncn3-c3ccccc3)cn12. The van der Waals surface area contributed by atoms with E-state index in [0.717, 1.165) is 27.9 Å². The smallest absolute Gasteiger partial charge is 0.195 e. The van der Waals surface area contributed by atoms with Crippen LogP contribution in [0.1, 0.15) is 11.4 Å². The number of nitrogens with zero attached hydrogens (tertiary/aromatic N) is 5. The van der Waals surface area contributed by atoms with Crippen molar-refractivity contribution >= 4 is 34.4 Å². The highest BCUT2D eigenvalue weighted by Gasteiger charge is 2.09. The van der Waals surface area contributed by atoms with Crippen molar-refractivity contribution in [2.75, 3.05) is 0 Å². The number of benzene rings is 1. The molecule has 0 saturated heterocycles. The highest BCUT2D eigenvalue weighted by Crippen LogP contribution is 2.23. The molecule has 1 aromatic carbocycles. The summed E-state index contributed by atoms with van der Waals surface area (Å²) in [7, 11) is 0. The third kappa shape index (κ3) is 3.22. The maximum absolute atomic E-state index is 4.66. The van der Waals surface area contributed by atoms with E-state index >= 15 is 0 Å². The molecule has 0 amide bonds. The fraction of sp³-hybridized carbons (Fsp3) is 0.118. The number of hydrogen-bond acceptors (Lipinski definition) is 4. The highest BCUT2D eigenvalue weighted by atomic mass is 79.9. The Kier molecular flexibility index (Phi) is 5.01. The first-order valence-corrected chi connectivity index (χ1v) is 8.32. The Balaban J connectivity index is 0.00000169. The van der Waals surface area contributed by atoms with E-state index in [1.807, 2.05) is 47.0 Å². The van der Waals surface area contributed by atoms with Crippen molar-refractivity contribution in [3.05, 3.63) is 72.4 Å². The average molecular weight is 402 g/mol. The summed E-state index contributed by atoms with van der Waals surface area (Å²) >= 11 is 1.64. The van der Waals surface area contributed by atoms with Gasteiger partial charge in [-0.05, 0) is 31.2 Å². The van der Waals surface area contributed by atoms with Gasteiger partial charge in [0.15, 0.2) is 5.16 Å². The molecule has 0 aliphatic rings. The van der Waals surface area contributed by atoms with Gasteiger partial charge in [0.1, 0.15) is 12.0 Å². The number of imidazole rings is 1. The van der Waals surface area contributed by atoms with Gasteiger partial charge in [0.25, 0.3) is 0 Å². The van der Waals surface area contributed by atoms with Crippen molar-refractivity contribution in [2.45, 2.75) is 17.8 Å². The van der Waals surface area contributed by atoms with Crippen LogP contribution in [0.15, 0.2) is 66.2 Å². The number of halogens is 1. The standard InChI is InChI=1S/C17H15N5S.BrH/c1-13-6-5-9-16-19-14(10-21(13)16)11-23-17-20-18-12-22(17)15-7-3-2-4-8-15;/h2-10,12H,11H2,1H3;1H. The number of para-hydroxylation sites is 1. The predicted molar refractivity (Wildman–Crippen MR) is 101 cm³/mol.